The second-order valence-electron chi connectivity index (χ2n) is 6.76. The summed E-state index contributed by atoms with van der Waals surface area (Å²) in [5.74, 6) is 1.32. The van der Waals surface area contributed by atoms with Crippen LogP contribution in [-0.4, -0.2) is 32.9 Å². The van der Waals surface area contributed by atoms with Gasteiger partial charge in [0.15, 0.2) is 11.5 Å². The lowest BCUT2D eigenvalue weighted by Crippen LogP contribution is -2.36. The van der Waals surface area contributed by atoms with Gasteiger partial charge in [-0.1, -0.05) is 48.4 Å². The van der Waals surface area contributed by atoms with Crippen molar-refractivity contribution in [1.82, 2.24) is 9.88 Å². The van der Waals surface area contributed by atoms with Crippen LogP contribution in [0.4, 0.5) is 0 Å². The predicted molar refractivity (Wildman–Crippen MR) is 110 cm³/mol. The van der Waals surface area contributed by atoms with Gasteiger partial charge in [0.1, 0.15) is 9.47 Å². The van der Waals surface area contributed by atoms with Crippen molar-refractivity contribution in [3.8, 4) is 11.5 Å². The average molecular weight is 419 g/mol. The predicted octanol–water partition coefficient (Wildman–Crippen LogP) is 4.76. The zero-order valence-electron chi connectivity index (χ0n) is 14.2. The average Bonchev–Trinajstić information content (AvgIpc) is 3.35. The number of nitrogens with zero attached hydrogens (tertiary/aromatic N) is 2. The van der Waals surface area contributed by atoms with Crippen molar-refractivity contribution < 1.29 is 14.3 Å². The number of aromatic nitrogens is 1. The van der Waals surface area contributed by atoms with Gasteiger partial charge in [0, 0.05) is 23.1 Å². The summed E-state index contributed by atoms with van der Waals surface area (Å²) in [6.45, 7) is 0.204. The lowest BCUT2D eigenvalue weighted by Gasteiger charge is -2.21. The molecular formula is C19H15ClN2O3S2. The monoisotopic (exact) mass is 418 g/mol. The van der Waals surface area contributed by atoms with Crippen molar-refractivity contribution in [3.63, 3.8) is 0 Å². The Kier molecular flexibility index (Phi) is 4.26. The van der Waals surface area contributed by atoms with Crippen LogP contribution in [0.3, 0.4) is 0 Å². The third-order valence-corrected chi connectivity index (χ3v) is 6.72. The van der Waals surface area contributed by atoms with E-state index >= 15 is 0 Å². The second-order valence-corrected chi connectivity index (χ2v) is 8.79. The fraction of sp³-hybridized carbons (Fsp3) is 0.316. The zero-order chi connectivity index (χ0) is 18.5. The zero-order valence-corrected chi connectivity index (χ0v) is 16.6. The fourth-order valence-corrected chi connectivity index (χ4v) is 5.35. The number of amides is 1. The van der Waals surface area contributed by atoms with Gasteiger partial charge in [-0.15, -0.1) is 0 Å². The molecular weight excluding hydrogens is 404 g/mol. The molecule has 3 aliphatic rings. The van der Waals surface area contributed by atoms with Crippen LogP contribution in [0.1, 0.15) is 31.2 Å². The van der Waals surface area contributed by atoms with Gasteiger partial charge in [0.2, 0.25) is 6.79 Å². The SMILES string of the molecule is O=C1C(=Cc2cc3cc4c(cc3nc2Cl)OCO4)SC(=S)N1C1CCCC1. The maximum Gasteiger partial charge on any atom is 0.266 e. The number of hydrogen-bond donors (Lipinski definition) is 0. The van der Waals surface area contributed by atoms with E-state index in [2.05, 4.69) is 4.98 Å². The molecule has 138 valence electrons. The molecule has 2 aromatic rings. The standard InChI is InChI=1S/C19H15ClN2O3S2/c20-17-11(5-10-6-14-15(25-9-24-14)8-13(10)21-17)7-16-18(23)22(19(26)27-16)12-3-1-2-4-12/h5-8,12H,1-4,9H2. The van der Waals surface area contributed by atoms with E-state index < -0.39 is 0 Å². The van der Waals surface area contributed by atoms with Crippen molar-refractivity contribution in [2.45, 2.75) is 31.7 Å². The van der Waals surface area contributed by atoms with Gasteiger partial charge in [-0.05, 0) is 31.1 Å². The summed E-state index contributed by atoms with van der Waals surface area (Å²) < 4.78 is 11.4. The lowest BCUT2D eigenvalue weighted by atomic mass is 10.1. The Bertz CT molecular complexity index is 1020. The first-order valence-corrected chi connectivity index (χ1v) is 10.4. The summed E-state index contributed by atoms with van der Waals surface area (Å²) in [4.78, 5) is 19.7. The van der Waals surface area contributed by atoms with Crippen LogP contribution in [0.25, 0.3) is 17.0 Å². The Balaban J connectivity index is 1.51. The quantitative estimate of drug-likeness (QED) is 0.398. The minimum atomic E-state index is -0.0289. The maximum atomic E-state index is 12.9. The number of carbonyl (C=O) groups excluding carboxylic acids is 1. The lowest BCUT2D eigenvalue weighted by molar-refractivity contribution is -0.123. The van der Waals surface area contributed by atoms with Crippen molar-refractivity contribution in [3.05, 3.63) is 33.8 Å². The minimum Gasteiger partial charge on any atom is -0.454 e. The van der Waals surface area contributed by atoms with Crippen LogP contribution < -0.4 is 9.47 Å². The van der Waals surface area contributed by atoms with Crippen LogP contribution in [0, 0.1) is 0 Å². The minimum absolute atomic E-state index is 0.0289. The molecule has 0 unspecified atom stereocenters. The first-order chi connectivity index (χ1) is 13.1. The van der Waals surface area contributed by atoms with Gasteiger partial charge >= 0.3 is 0 Å². The molecule has 1 saturated heterocycles. The van der Waals surface area contributed by atoms with Crippen LogP contribution >= 0.6 is 35.6 Å². The van der Waals surface area contributed by atoms with Crippen molar-refractivity contribution in [2.75, 3.05) is 6.79 Å². The molecule has 3 heterocycles. The third-order valence-electron chi connectivity index (χ3n) is 5.09. The molecule has 1 aromatic heterocycles. The Labute approximate surface area is 170 Å². The molecule has 2 fully saturated rings. The van der Waals surface area contributed by atoms with Gasteiger partial charge in [0.25, 0.3) is 5.91 Å². The highest BCUT2D eigenvalue weighted by Gasteiger charge is 2.38. The van der Waals surface area contributed by atoms with Crippen molar-refractivity contribution in [2.24, 2.45) is 0 Å². The number of hydrogen-bond acceptors (Lipinski definition) is 6. The molecule has 0 atom stereocenters. The Morgan fingerprint density at radius 3 is 2.74 bits per heavy atom. The number of carbonyl (C=O) groups is 1. The highest BCUT2D eigenvalue weighted by atomic mass is 35.5. The summed E-state index contributed by atoms with van der Waals surface area (Å²) in [6.07, 6.45) is 6.12. The Morgan fingerprint density at radius 1 is 1.22 bits per heavy atom. The second kappa shape index (κ2) is 6.65. The maximum absolute atomic E-state index is 12.9. The highest BCUT2D eigenvalue weighted by Crippen LogP contribution is 2.40. The van der Waals surface area contributed by atoms with Gasteiger partial charge in [-0.25, -0.2) is 4.98 Å². The van der Waals surface area contributed by atoms with E-state index in [1.807, 2.05) is 18.2 Å². The van der Waals surface area contributed by atoms with E-state index in [0.717, 1.165) is 36.6 Å². The smallest absolute Gasteiger partial charge is 0.266 e. The molecule has 0 bridgehead atoms. The molecule has 1 saturated carbocycles. The molecule has 5 nitrogen and oxygen atoms in total. The first-order valence-electron chi connectivity index (χ1n) is 8.77. The molecule has 1 amide bonds. The number of benzene rings is 1. The van der Waals surface area contributed by atoms with Crippen LogP contribution in [0.15, 0.2) is 23.1 Å². The molecule has 0 spiro atoms. The normalized spacial score (nSPS) is 21.2. The Hall–Kier alpha value is -1.83. The number of thioether (sulfide) groups is 1. The molecule has 1 aromatic carbocycles. The van der Waals surface area contributed by atoms with Crippen LogP contribution in [0.5, 0.6) is 11.5 Å². The van der Waals surface area contributed by atoms with Crippen molar-refractivity contribution >= 4 is 62.8 Å². The molecule has 0 radical (unpaired) electrons. The summed E-state index contributed by atoms with van der Waals surface area (Å²) >= 11 is 13.2. The number of halogens is 1. The molecule has 27 heavy (non-hydrogen) atoms. The Morgan fingerprint density at radius 2 is 1.96 bits per heavy atom. The van der Waals surface area contributed by atoms with Gasteiger partial charge in [-0.2, -0.15) is 0 Å². The molecule has 5 rings (SSSR count). The molecule has 8 heteroatoms. The summed E-state index contributed by atoms with van der Waals surface area (Å²) in [6, 6.07) is 5.83. The van der Waals surface area contributed by atoms with E-state index in [0.29, 0.717) is 31.4 Å². The number of pyridine rings is 1. The fourth-order valence-electron chi connectivity index (χ4n) is 3.76. The number of fused-ring (bicyclic) bond motifs is 2. The van der Waals surface area contributed by atoms with Gasteiger partial charge in [-0.3, -0.25) is 9.69 Å². The largest absolute Gasteiger partial charge is 0.454 e. The van der Waals surface area contributed by atoms with E-state index in [4.69, 9.17) is 33.3 Å². The van der Waals surface area contributed by atoms with E-state index in [9.17, 15) is 4.79 Å². The van der Waals surface area contributed by atoms with Gasteiger partial charge < -0.3 is 9.47 Å². The van der Waals surface area contributed by atoms with Gasteiger partial charge in [0.05, 0.1) is 10.4 Å². The number of rotatable bonds is 2. The highest BCUT2D eigenvalue weighted by molar-refractivity contribution is 8.26. The number of ether oxygens (including phenoxy) is 2. The van der Waals surface area contributed by atoms with Crippen LogP contribution in [-0.2, 0) is 4.79 Å². The van der Waals surface area contributed by atoms with Crippen molar-refractivity contribution in [1.29, 1.82) is 0 Å². The summed E-state index contributed by atoms with van der Waals surface area (Å²) in [5, 5.41) is 1.22. The van der Waals surface area contributed by atoms with Crippen LogP contribution in [0.2, 0.25) is 5.15 Å². The summed E-state index contributed by atoms with van der Waals surface area (Å²) in [7, 11) is 0. The molecule has 1 aliphatic carbocycles. The van der Waals surface area contributed by atoms with E-state index in [-0.39, 0.29) is 18.7 Å². The van der Waals surface area contributed by atoms with E-state index in [1.54, 1.807) is 11.0 Å². The summed E-state index contributed by atoms with van der Waals surface area (Å²) in [5.41, 5.74) is 1.41. The molecule has 0 N–H and O–H groups in total. The molecule has 2 aliphatic heterocycles. The number of thiocarbonyl (C=S) groups is 1. The van der Waals surface area contributed by atoms with E-state index in [1.165, 1.54) is 11.8 Å². The topological polar surface area (TPSA) is 51.7 Å². The first kappa shape index (κ1) is 17.3. The third kappa shape index (κ3) is 2.98.